The molecule has 1 heterocycles. The Bertz CT molecular complexity index is 404. The summed E-state index contributed by atoms with van der Waals surface area (Å²) in [4.78, 5) is 10.3. The summed E-state index contributed by atoms with van der Waals surface area (Å²) in [6, 6.07) is 0.403. The van der Waals surface area contributed by atoms with Gasteiger partial charge < -0.3 is 10.6 Å². The second kappa shape index (κ2) is 6.80. The van der Waals surface area contributed by atoms with Gasteiger partial charge in [0.05, 0.1) is 5.69 Å². The summed E-state index contributed by atoms with van der Waals surface area (Å²) in [5.41, 5.74) is 6.10. The van der Waals surface area contributed by atoms with Crippen molar-refractivity contribution in [2.75, 3.05) is 18.0 Å². The summed E-state index contributed by atoms with van der Waals surface area (Å²) in [5, 5.41) is 0. The Kier molecular flexibility index (Phi) is 5.07. The van der Waals surface area contributed by atoms with Crippen LogP contribution in [0.25, 0.3) is 0 Å². The number of nitrogens with two attached hydrogens (primary N) is 1. The Morgan fingerprint density at radius 2 is 2.11 bits per heavy atom. The minimum Gasteiger partial charge on any atom is -0.351 e. The van der Waals surface area contributed by atoms with Crippen LogP contribution in [-0.2, 0) is 6.42 Å². The normalized spacial score (nSPS) is 15.9. The van der Waals surface area contributed by atoms with Crippen molar-refractivity contribution >= 4 is 5.82 Å². The van der Waals surface area contributed by atoms with Crippen LogP contribution in [-0.4, -0.2) is 29.1 Å². The third-order valence-corrected chi connectivity index (χ3v) is 3.82. The van der Waals surface area contributed by atoms with E-state index in [1.807, 2.05) is 6.92 Å². The molecule has 0 atom stereocenters. The van der Waals surface area contributed by atoms with E-state index in [0.717, 1.165) is 25.8 Å². The number of anilines is 1. The smallest absolute Gasteiger partial charge is 0.187 e. The van der Waals surface area contributed by atoms with E-state index >= 15 is 0 Å². The maximum absolute atomic E-state index is 14.4. The largest absolute Gasteiger partial charge is 0.351 e. The standard InChI is InChI=1S/C14H23FN4/c1-2-12-13(15)14(18-10-17-12)19(9-5-8-16)11-6-3-4-7-11/h10-11H,2-9,16H2,1H3. The molecular weight excluding hydrogens is 243 g/mol. The number of rotatable bonds is 6. The van der Waals surface area contributed by atoms with Crippen molar-refractivity contribution in [2.45, 2.75) is 51.5 Å². The maximum atomic E-state index is 14.4. The molecule has 2 rings (SSSR count). The monoisotopic (exact) mass is 266 g/mol. The topological polar surface area (TPSA) is 55.0 Å². The van der Waals surface area contributed by atoms with E-state index in [0.29, 0.717) is 30.5 Å². The van der Waals surface area contributed by atoms with Crippen LogP contribution >= 0.6 is 0 Å². The minimum absolute atomic E-state index is 0.256. The van der Waals surface area contributed by atoms with E-state index in [4.69, 9.17) is 5.73 Å². The molecule has 0 spiro atoms. The lowest BCUT2D eigenvalue weighted by atomic mass is 10.2. The molecule has 0 aromatic carbocycles. The highest BCUT2D eigenvalue weighted by Crippen LogP contribution is 2.29. The van der Waals surface area contributed by atoms with Crippen molar-refractivity contribution in [2.24, 2.45) is 5.73 Å². The Morgan fingerprint density at radius 3 is 2.74 bits per heavy atom. The number of halogens is 1. The summed E-state index contributed by atoms with van der Waals surface area (Å²) in [6.07, 6.45) is 7.61. The van der Waals surface area contributed by atoms with Gasteiger partial charge in [-0.05, 0) is 32.2 Å². The number of hydrogen-bond acceptors (Lipinski definition) is 4. The quantitative estimate of drug-likeness (QED) is 0.858. The van der Waals surface area contributed by atoms with Crippen molar-refractivity contribution in [3.8, 4) is 0 Å². The Labute approximate surface area is 114 Å². The number of aromatic nitrogens is 2. The molecule has 1 aliphatic rings. The highest BCUT2D eigenvalue weighted by molar-refractivity contribution is 5.42. The van der Waals surface area contributed by atoms with Crippen molar-refractivity contribution in [1.29, 1.82) is 0 Å². The molecule has 1 aliphatic carbocycles. The molecular formula is C14H23FN4. The van der Waals surface area contributed by atoms with Gasteiger partial charge in [0.15, 0.2) is 11.6 Å². The highest BCUT2D eigenvalue weighted by atomic mass is 19.1. The van der Waals surface area contributed by atoms with Gasteiger partial charge in [0.2, 0.25) is 0 Å². The second-order valence-corrected chi connectivity index (χ2v) is 5.09. The van der Waals surface area contributed by atoms with E-state index in [1.165, 1.54) is 19.2 Å². The van der Waals surface area contributed by atoms with Gasteiger partial charge in [-0.1, -0.05) is 19.8 Å². The molecule has 0 aliphatic heterocycles. The summed E-state index contributed by atoms with van der Waals surface area (Å²) in [6.45, 7) is 3.31. The van der Waals surface area contributed by atoms with Gasteiger partial charge in [-0.3, -0.25) is 0 Å². The third kappa shape index (κ3) is 3.21. The third-order valence-electron chi connectivity index (χ3n) is 3.82. The molecule has 0 unspecified atom stereocenters. The van der Waals surface area contributed by atoms with E-state index in [1.54, 1.807) is 0 Å². The van der Waals surface area contributed by atoms with Gasteiger partial charge in [0.1, 0.15) is 6.33 Å². The minimum atomic E-state index is -0.256. The van der Waals surface area contributed by atoms with E-state index in [-0.39, 0.29) is 5.82 Å². The van der Waals surface area contributed by atoms with E-state index in [9.17, 15) is 4.39 Å². The second-order valence-electron chi connectivity index (χ2n) is 5.09. The van der Waals surface area contributed by atoms with E-state index < -0.39 is 0 Å². The molecule has 19 heavy (non-hydrogen) atoms. The summed E-state index contributed by atoms with van der Waals surface area (Å²) < 4.78 is 14.4. The van der Waals surface area contributed by atoms with Gasteiger partial charge in [-0.25, -0.2) is 14.4 Å². The van der Waals surface area contributed by atoms with Crippen molar-refractivity contribution in [1.82, 2.24) is 9.97 Å². The zero-order chi connectivity index (χ0) is 13.7. The van der Waals surface area contributed by atoms with Gasteiger partial charge in [0, 0.05) is 12.6 Å². The highest BCUT2D eigenvalue weighted by Gasteiger charge is 2.26. The van der Waals surface area contributed by atoms with Crippen molar-refractivity contribution in [3.63, 3.8) is 0 Å². The first kappa shape index (κ1) is 14.2. The lowest BCUT2D eigenvalue weighted by Crippen LogP contribution is -2.36. The first-order valence-corrected chi connectivity index (χ1v) is 7.24. The molecule has 106 valence electrons. The number of aryl methyl sites for hydroxylation is 1. The lowest BCUT2D eigenvalue weighted by Gasteiger charge is -2.30. The molecule has 0 bridgehead atoms. The van der Waals surface area contributed by atoms with Crippen LogP contribution in [0.15, 0.2) is 6.33 Å². The van der Waals surface area contributed by atoms with Gasteiger partial charge >= 0.3 is 0 Å². The van der Waals surface area contributed by atoms with Crippen LogP contribution in [0.5, 0.6) is 0 Å². The zero-order valence-electron chi connectivity index (χ0n) is 11.6. The molecule has 1 fully saturated rings. The summed E-state index contributed by atoms with van der Waals surface area (Å²) >= 11 is 0. The van der Waals surface area contributed by atoms with Crippen LogP contribution < -0.4 is 10.6 Å². The molecule has 0 amide bonds. The Balaban J connectivity index is 2.25. The average Bonchev–Trinajstić information content (AvgIpc) is 2.95. The number of hydrogen-bond donors (Lipinski definition) is 1. The predicted octanol–water partition coefficient (Wildman–Crippen LogP) is 2.28. The van der Waals surface area contributed by atoms with Crippen molar-refractivity contribution < 1.29 is 4.39 Å². The van der Waals surface area contributed by atoms with Crippen molar-refractivity contribution in [3.05, 3.63) is 17.8 Å². The fourth-order valence-corrected chi connectivity index (χ4v) is 2.78. The molecule has 0 radical (unpaired) electrons. The van der Waals surface area contributed by atoms with Crippen LogP contribution in [0.1, 0.15) is 44.7 Å². The summed E-state index contributed by atoms with van der Waals surface area (Å²) in [5.74, 6) is 0.209. The number of nitrogens with zero attached hydrogens (tertiary/aromatic N) is 3. The maximum Gasteiger partial charge on any atom is 0.187 e. The summed E-state index contributed by atoms with van der Waals surface area (Å²) in [7, 11) is 0. The molecule has 0 saturated heterocycles. The van der Waals surface area contributed by atoms with Gasteiger partial charge in [0.25, 0.3) is 0 Å². The molecule has 5 heteroatoms. The first-order chi connectivity index (χ1) is 9.27. The molecule has 4 nitrogen and oxygen atoms in total. The Morgan fingerprint density at radius 1 is 1.37 bits per heavy atom. The average molecular weight is 266 g/mol. The Hall–Kier alpha value is -1.23. The van der Waals surface area contributed by atoms with Crippen LogP contribution in [0.2, 0.25) is 0 Å². The van der Waals surface area contributed by atoms with Gasteiger partial charge in [-0.2, -0.15) is 0 Å². The SMILES string of the molecule is CCc1ncnc(N(CCCN)C2CCCC2)c1F. The van der Waals surface area contributed by atoms with Crippen LogP contribution in [0.3, 0.4) is 0 Å². The zero-order valence-corrected chi connectivity index (χ0v) is 11.6. The van der Waals surface area contributed by atoms with Crippen LogP contribution in [0, 0.1) is 5.82 Å². The molecule has 1 aromatic heterocycles. The molecule has 1 aromatic rings. The fraction of sp³-hybridized carbons (Fsp3) is 0.714. The molecule has 1 saturated carbocycles. The molecule has 2 N–H and O–H groups in total. The lowest BCUT2D eigenvalue weighted by molar-refractivity contribution is 0.541. The van der Waals surface area contributed by atoms with Crippen LogP contribution in [0.4, 0.5) is 10.2 Å². The fourth-order valence-electron chi connectivity index (χ4n) is 2.78. The van der Waals surface area contributed by atoms with E-state index in [2.05, 4.69) is 14.9 Å². The van der Waals surface area contributed by atoms with Gasteiger partial charge in [-0.15, -0.1) is 0 Å². The first-order valence-electron chi connectivity index (χ1n) is 7.24. The predicted molar refractivity (Wildman–Crippen MR) is 74.6 cm³/mol.